The van der Waals surface area contributed by atoms with Crippen LogP contribution < -0.4 is 11.1 Å². The second kappa shape index (κ2) is 3.23. The molecule has 0 radical (unpaired) electrons. The lowest BCUT2D eigenvalue weighted by molar-refractivity contribution is -0.140. The number of aromatic amines is 1. The summed E-state index contributed by atoms with van der Waals surface area (Å²) in [4.78, 5) is 35.5. The number of hydrogen-bond acceptors (Lipinski definition) is 3. The summed E-state index contributed by atoms with van der Waals surface area (Å²) in [6.45, 7) is 0. The molecule has 0 bridgehead atoms. The van der Waals surface area contributed by atoms with E-state index in [1.807, 2.05) is 0 Å². The first-order chi connectivity index (χ1) is 7.02. The standard InChI is InChI=1S/C8H7ClN2O4/c9-5-3-1-2-4(8(14)15)11(3)7(13)6(12)10-5/h4H,1-2H2,(H,10,12)(H,14,15). The van der Waals surface area contributed by atoms with Gasteiger partial charge in [-0.25, -0.2) is 4.79 Å². The summed E-state index contributed by atoms with van der Waals surface area (Å²) in [5, 5.41) is 8.90. The number of rotatable bonds is 1. The molecule has 0 spiro atoms. The SMILES string of the molecule is O=C(O)C1CCc2c(Cl)[nH]c(=O)c(=O)n21. The van der Waals surface area contributed by atoms with Crippen molar-refractivity contribution in [2.24, 2.45) is 0 Å². The number of H-pyrrole nitrogens is 1. The van der Waals surface area contributed by atoms with Gasteiger partial charge in [0.2, 0.25) is 0 Å². The number of carboxylic acids is 1. The summed E-state index contributed by atoms with van der Waals surface area (Å²) in [5.41, 5.74) is -1.37. The van der Waals surface area contributed by atoms with Crippen molar-refractivity contribution >= 4 is 17.6 Å². The van der Waals surface area contributed by atoms with Gasteiger partial charge in [-0.15, -0.1) is 0 Å². The maximum absolute atomic E-state index is 11.4. The van der Waals surface area contributed by atoms with Crippen LogP contribution in [0.15, 0.2) is 9.59 Å². The fourth-order valence-electron chi connectivity index (χ4n) is 1.76. The summed E-state index contributed by atoms with van der Waals surface area (Å²) in [6.07, 6.45) is 0.656. The fourth-order valence-corrected chi connectivity index (χ4v) is 2.03. The molecule has 0 fully saturated rings. The Kier molecular flexibility index (Phi) is 2.15. The third kappa shape index (κ3) is 1.37. The predicted molar refractivity (Wildman–Crippen MR) is 51.3 cm³/mol. The van der Waals surface area contributed by atoms with Gasteiger partial charge >= 0.3 is 17.1 Å². The van der Waals surface area contributed by atoms with Gasteiger partial charge in [0.05, 0.1) is 5.69 Å². The molecule has 0 saturated heterocycles. The molecule has 0 amide bonds. The molecule has 1 aromatic heterocycles. The van der Waals surface area contributed by atoms with Gasteiger partial charge in [0, 0.05) is 0 Å². The molecule has 2 rings (SSSR count). The average molecular weight is 231 g/mol. The smallest absolute Gasteiger partial charge is 0.326 e. The zero-order valence-corrected chi connectivity index (χ0v) is 8.24. The van der Waals surface area contributed by atoms with Gasteiger partial charge in [-0.2, -0.15) is 0 Å². The topological polar surface area (TPSA) is 92.2 Å². The normalized spacial score (nSPS) is 18.9. The van der Waals surface area contributed by atoms with E-state index in [0.29, 0.717) is 12.1 Å². The van der Waals surface area contributed by atoms with Crippen LogP contribution in [0.1, 0.15) is 18.2 Å². The highest BCUT2D eigenvalue weighted by molar-refractivity contribution is 6.30. The van der Waals surface area contributed by atoms with E-state index < -0.39 is 23.1 Å². The number of aromatic nitrogens is 2. The zero-order valence-electron chi connectivity index (χ0n) is 7.49. The minimum absolute atomic E-state index is 0.0448. The summed E-state index contributed by atoms with van der Waals surface area (Å²) in [7, 11) is 0. The minimum atomic E-state index is -1.13. The molecule has 1 atom stereocenters. The van der Waals surface area contributed by atoms with Gasteiger partial charge in [-0.05, 0) is 12.8 Å². The minimum Gasteiger partial charge on any atom is -0.480 e. The van der Waals surface area contributed by atoms with Crippen LogP contribution in [0, 0.1) is 0 Å². The van der Waals surface area contributed by atoms with E-state index in [9.17, 15) is 14.4 Å². The van der Waals surface area contributed by atoms with Crippen molar-refractivity contribution in [3.8, 4) is 0 Å². The van der Waals surface area contributed by atoms with E-state index in [1.165, 1.54) is 0 Å². The van der Waals surface area contributed by atoms with E-state index >= 15 is 0 Å². The molecule has 80 valence electrons. The number of halogens is 1. The van der Waals surface area contributed by atoms with Crippen molar-refractivity contribution in [3.63, 3.8) is 0 Å². The number of hydrogen-bond donors (Lipinski definition) is 2. The van der Waals surface area contributed by atoms with Crippen LogP contribution in [0.2, 0.25) is 5.15 Å². The lowest BCUT2D eigenvalue weighted by Gasteiger charge is -2.08. The van der Waals surface area contributed by atoms with Gasteiger partial charge in [-0.3, -0.25) is 14.2 Å². The highest BCUT2D eigenvalue weighted by Gasteiger charge is 2.31. The first-order valence-corrected chi connectivity index (χ1v) is 4.66. The van der Waals surface area contributed by atoms with Crippen LogP contribution in [0.3, 0.4) is 0 Å². The van der Waals surface area contributed by atoms with Crippen molar-refractivity contribution in [1.29, 1.82) is 0 Å². The Balaban J connectivity index is 2.77. The van der Waals surface area contributed by atoms with Crippen molar-refractivity contribution in [2.75, 3.05) is 0 Å². The van der Waals surface area contributed by atoms with Gasteiger partial charge in [0.1, 0.15) is 11.2 Å². The summed E-state index contributed by atoms with van der Waals surface area (Å²) in [5.74, 6) is -1.13. The Morgan fingerprint density at radius 3 is 2.80 bits per heavy atom. The molecular weight excluding hydrogens is 224 g/mol. The van der Waals surface area contributed by atoms with Crippen LogP contribution in [0.4, 0.5) is 0 Å². The number of nitrogens with one attached hydrogen (secondary N) is 1. The molecule has 7 heteroatoms. The molecule has 6 nitrogen and oxygen atoms in total. The number of aliphatic carboxylic acids is 1. The summed E-state index contributed by atoms with van der Waals surface area (Å²) >= 11 is 5.71. The highest BCUT2D eigenvalue weighted by atomic mass is 35.5. The summed E-state index contributed by atoms with van der Waals surface area (Å²) < 4.78 is 0.962. The van der Waals surface area contributed by atoms with Crippen molar-refractivity contribution in [1.82, 2.24) is 9.55 Å². The quantitative estimate of drug-likeness (QED) is 0.652. The first-order valence-electron chi connectivity index (χ1n) is 4.28. The van der Waals surface area contributed by atoms with Gasteiger partial charge in [0.25, 0.3) is 0 Å². The Bertz CT molecular complexity index is 545. The van der Waals surface area contributed by atoms with Crippen LogP contribution in [-0.4, -0.2) is 20.6 Å². The Morgan fingerprint density at radius 1 is 1.53 bits per heavy atom. The van der Waals surface area contributed by atoms with E-state index in [-0.39, 0.29) is 11.6 Å². The highest BCUT2D eigenvalue weighted by Crippen LogP contribution is 2.26. The van der Waals surface area contributed by atoms with Crippen LogP contribution in [0.5, 0.6) is 0 Å². The molecular formula is C8H7ClN2O4. The van der Waals surface area contributed by atoms with E-state index in [4.69, 9.17) is 16.7 Å². The molecule has 1 aliphatic heterocycles. The molecule has 1 unspecified atom stereocenters. The molecule has 2 N–H and O–H groups in total. The van der Waals surface area contributed by atoms with Gasteiger partial charge in [0.15, 0.2) is 0 Å². The lowest BCUT2D eigenvalue weighted by Crippen LogP contribution is -2.39. The zero-order chi connectivity index (χ0) is 11.2. The molecule has 0 aromatic carbocycles. The Hall–Kier alpha value is -1.56. The van der Waals surface area contributed by atoms with Gasteiger partial charge < -0.3 is 10.1 Å². The first kappa shape index (κ1) is 9.97. The van der Waals surface area contributed by atoms with Crippen molar-refractivity contribution in [3.05, 3.63) is 31.6 Å². The lowest BCUT2D eigenvalue weighted by atomic mass is 10.2. The number of carbonyl (C=O) groups is 1. The molecule has 0 saturated carbocycles. The second-order valence-electron chi connectivity index (χ2n) is 3.28. The van der Waals surface area contributed by atoms with Crippen LogP contribution in [0.25, 0.3) is 0 Å². The van der Waals surface area contributed by atoms with Crippen molar-refractivity contribution in [2.45, 2.75) is 18.9 Å². The fraction of sp³-hybridized carbons (Fsp3) is 0.375. The number of carboxylic acid groups (broad SMARTS) is 1. The van der Waals surface area contributed by atoms with E-state index in [1.54, 1.807) is 0 Å². The maximum atomic E-state index is 11.4. The van der Waals surface area contributed by atoms with E-state index in [0.717, 1.165) is 4.57 Å². The third-order valence-corrected chi connectivity index (χ3v) is 2.74. The third-order valence-electron chi connectivity index (χ3n) is 2.43. The monoisotopic (exact) mass is 230 g/mol. The van der Waals surface area contributed by atoms with E-state index in [2.05, 4.69) is 4.98 Å². The van der Waals surface area contributed by atoms with Crippen LogP contribution >= 0.6 is 11.6 Å². The largest absolute Gasteiger partial charge is 0.480 e. The second-order valence-corrected chi connectivity index (χ2v) is 3.66. The Labute approximate surface area is 88.1 Å². The molecule has 15 heavy (non-hydrogen) atoms. The summed E-state index contributed by atoms with van der Waals surface area (Å²) in [6, 6.07) is -0.979. The van der Waals surface area contributed by atoms with Crippen molar-refractivity contribution < 1.29 is 9.90 Å². The molecule has 1 aliphatic rings. The Morgan fingerprint density at radius 2 is 2.20 bits per heavy atom. The predicted octanol–water partition coefficient (Wildman–Crippen LogP) is -0.238. The van der Waals surface area contributed by atoms with Gasteiger partial charge in [-0.1, -0.05) is 11.6 Å². The number of fused-ring (bicyclic) bond motifs is 1. The number of nitrogens with zero attached hydrogens (tertiary/aromatic N) is 1. The molecule has 0 aliphatic carbocycles. The maximum Gasteiger partial charge on any atom is 0.326 e. The van der Waals surface area contributed by atoms with Crippen LogP contribution in [-0.2, 0) is 11.2 Å². The average Bonchev–Trinajstić information content (AvgIpc) is 2.58. The molecule has 2 heterocycles. The molecule has 1 aromatic rings.